The van der Waals surface area contributed by atoms with E-state index in [4.69, 9.17) is 5.73 Å². The van der Waals surface area contributed by atoms with Gasteiger partial charge in [0.2, 0.25) is 5.91 Å². The quantitative estimate of drug-likeness (QED) is 0.864. The molecule has 6 heteroatoms. The molecule has 112 valence electrons. The second kappa shape index (κ2) is 5.91. The van der Waals surface area contributed by atoms with Gasteiger partial charge in [-0.25, -0.2) is 0 Å². The minimum atomic E-state index is -0.519. The van der Waals surface area contributed by atoms with Gasteiger partial charge in [-0.3, -0.25) is 4.79 Å². The number of rotatable bonds is 3. The molecule has 1 atom stereocenters. The lowest BCUT2D eigenvalue weighted by atomic mass is 9.87. The Kier molecular flexibility index (Phi) is 4.42. The Morgan fingerprint density at radius 1 is 1.35 bits per heavy atom. The maximum absolute atomic E-state index is 12.0. The molecular weight excluding hydrogens is 254 g/mol. The van der Waals surface area contributed by atoms with Crippen LogP contribution in [0.4, 0.5) is 0 Å². The van der Waals surface area contributed by atoms with Gasteiger partial charge in [-0.1, -0.05) is 27.2 Å². The van der Waals surface area contributed by atoms with Crippen LogP contribution >= 0.6 is 0 Å². The zero-order chi connectivity index (χ0) is 14.8. The number of nitrogens with two attached hydrogens (primary N) is 1. The maximum Gasteiger partial charge on any atom is 0.237 e. The van der Waals surface area contributed by atoms with Crippen LogP contribution in [0.1, 0.15) is 51.7 Å². The molecule has 0 unspecified atom stereocenters. The van der Waals surface area contributed by atoms with Crippen LogP contribution in [0.2, 0.25) is 0 Å². The number of carbonyl (C=O) groups excluding carboxylic acids is 1. The molecule has 0 bridgehead atoms. The van der Waals surface area contributed by atoms with E-state index >= 15 is 0 Å². The Bertz CT molecular complexity index is 474. The van der Waals surface area contributed by atoms with E-state index in [1.807, 2.05) is 20.8 Å². The molecule has 2 rings (SSSR count). The van der Waals surface area contributed by atoms with Crippen molar-refractivity contribution in [2.45, 2.75) is 65.6 Å². The largest absolute Gasteiger partial charge is 0.347 e. The van der Waals surface area contributed by atoms with Crippen molar-refractivity contribution in [3.63, 3.8) is 0 Å². The summed E-state index contributed by atoms with van der Waals surface area (Å²) in [7, 11) is 0. The molecule has 20 heavy (non-hydrogen) atoms. The Hall–Kier alpha value is -1.43. The minimum Gasteiger partial charge on any atom is -0.347 e. The van der Waals surface area contributed by atoms with Crippen LogP contribution in [0.15, 0.2) is 0 Å². The number of fused-ring (bicyclic) bond motifs is 1. The van der Waals surface area contributed by atoms with E-state index in [1.165, 1.54) is 12.8 Å². The van der Waals surface area contributed by atoms with E-state index in [1.54, 1.807) is 0 Å². The third-order valence-corrected chi connectivity index (χ3v) is 3.82. The van der Waals surface area contributed by atoms with Crippen molar-refractivity contribution in [1.29, 1.82) is 0 Å². The summed E-state index contributed by atoms with van der Waals surface area (Å²) in [6, 6.07) is -0.519. The number of nitrogens with zero attached hydrogens (tertiary/aromatic N) is 3. The fourth-order valence-corrected chi connectivity index (χ4v) is 2.35. The predicted molar refractivity (Wildman–Crippen MR) is 76.9 cm³/mol. The third-order valence-electron chi connectivity index (χ3n) is 3.82. The number of hydrogen-bond donors (Lipinski definition) is 2. The number of aromatic nitrogens is 3. The molecule has 3 N–H and O–H groups in total. The summed E-state index contributed by atoms with van der Waals surface area (Å²) in [5.41, 5.74) is 5.70. The van der Waals surface area contributed by atoms with Gasteiger partial charge < -0.3 is 15.6 Å². The lowest BCUT2D eigenvalue weighted by Gasteiger charge is -2.25. The number of amides is 1. The van der Waals surface area contributed by atoms with Gasteiger partial charge in [-0.15, -0.1) is 10.2 Å². The highest BCUT2D eigenvalue weighted by molar-refractivity contribution is 5.82. The van der Waals surface area contributed by atoms with E-state index in [9.17, 15) is 4.79 Å². The van der Waals surface area contributed by atoms with Crippen LogP contribution in [0, 0.1) is 5.41 Å². The van der Waals surface area contributed by atoms with E-state index < -0.39 is 6.04 Å². The number of aryl methyl sites for hydroxylation is 1. The molecular formula is C14H25N5O. The van der Waals surface area contributed by atoms with Crippen molar-refractivity contribution in [3.8, 4) is 0 Å². The third kappa shape index (κ3) is 3.36. The highest BCUT2D eigenvalue weighted by Crippen LogP contribution is 2.18. The second-order valence-corrected chi connectivity index (χ2v) is 6.56. The van der Waals surface area contributed by atoms with Gasteiger partial charge in [-0.05, 0) is 18.3 Å². The van der Waals surface area contributed by atoms with Crippen LogP contribution < -0.4 is 11.1 Å². The Balaban J connectivity index is 1.98. The summed E-state index contributed by atoms with van der Waals surface area (Å²) < 4.78 is 2.13. The molecule has 0 radical (unpaired) electrons. The van der Waals surface area contributed by atoms with Gasteiger partial charge in [-0.2, -0.15) is 0 Å². The van der Waals surface area contributed by atoms with Crippen LogP contribution in [-0.2, 0) is 24.3 Å². The van der Waals surface area contributed by atoms with Crippen LogP contribution in [0.3, 0.4) is 0 Å². The van der Waals surface area contributed by atoms with E-state index in [2.05, 4.69) is 20.1 Å². The van der Waals surface area contributed by atoms with Crippen LogP contribution in [0.5, 0.6) is 0 Å². The normalized spacial score (nSPS) is 17.2. The SMILES string of the molecule is CC(C)(C)[C@H](N)C(=O)NCc1nnc2n1CCCCC2. The lowest BCUT2D eigenvalue weighted by Crippen LogP contribution is -2.48. The van der Waals surface area contributed by atoms with Crippen LogP contribution in [-0.4, -0.2) is 26.7 Å². The lowest BCUT2D eigenvalue weighted by molar-refractivity contribution is -0.124. The Morgan fingerprint density at radius 2 is 2.10 bits per heavy atom. The first-order chi connectivity index (χ1) is 9.39. The standard InChI is InChI=1S/C14H25N5O/c1-14(2,3)12(15)13(20)16-9-11-18-17-10-7-5-4-6-8-19(10)11/h12H,4-9,15H2,1-3H3,(H,16,20)/t12-/m1/s1. The average molecular weight is 279 g/mol. The van der Waals surface area contributed by atoms with E-state index in [0.717, 1.165) is 31.0 Å². The topological polar surface area (TPSA) is 85.8 Å². The van der Waals surface area contributed by atoms with Gasteiger partial charge in [0.15, 0.2) is 5.82 Å². The van der Waals surface area contributed by atoms with Crippen molar-refractivity contribution in [1.82, 2.24) is 20.1 Å². The number of nitrogens with one attached hydrogen (secondary N) is 1. The first kappa shape index (κ1) is 15.0. The van der Waals surface area contributed by atoms with Gasteiger partial charge in [0.25, 0.3) is 0 Å². The van der Waals surface area contributed by atoms with Crippen LogP contribution in [0.25, 0.3) is 0 Å². The molecule has 1 aromatic rings. The van der Waals surface area contributed by atoms with Gasteiger partial charge in [0, 0.05) is 13.0 Å². The van der Waals surface area contributed by atoms with Gasteiger partial charge in [0.1, 0.15) is 5.82 Å². The molecule has 1 amide bonds. The smallest absolute Gasteiger partial charge is 0.237 e. The zero-order valence-electron chi connectivity index (χ0n) is 12.6. The first-order valence-electron chi connectivity index (χ1n) is 7.34. The summed E-state index contributed by atoms with van der Waals surface area (Å²) in [6.07, 6.45) is 4.51. The van der Waals surface area contributed by atoms with Crippen molar-refractivity contribution < 1.29 is 4.79 Å². The summed E-state index contributed by atoms with van der Waals surface area (Å²) in [6.45, 7) is 7.22. The average Bonchev–Trinajstić information content (AvgIpc) is 2.61. The Morgan fingerprint density at radius 3 is 2.80 bits per heavy atom. The summed E-state index contributed by atoms with van der Waals surface area (Å²) in [5.74, 6) is 1.73. The molecule has 6 nitrogen and oxygen atoms in total. The van der Waals surface area contributed by atoms with E-state index in [0.29, 0.717) is 6.54 Å². The molecule has 0 saturated heterocycles. The molecule has 1 aliphatic heterocycles. The highest BCUT2D eigenvalue weighted by atomic mass is 16.2. The molecule has 1 aromatic heterocycles. The number of hydrogen-bond acceptors (Lipinski definition) is 4. The van der Waals surface area contributed by atoms with Gasteiger partial charge in [0.05, 0.1) is 12.6 Å². The monoisotopic (exact) mass is 279 g/mol. The molecule has 0 aromatic carbocycles. The Labute approximate surface area is 120 Å². The molecule has 0 aliphatic carbocycles. The van der Waals surface area contributed by atoms with Crippen molar-refractivity contribution >= 4 is 5.91 Å². The summed E-state index contributed by atoms with van der Waals surface area (Å²) in [4.78, 5) is 12.0. The molecule has 0 saturated carbocycles. The van der Waals surface area contributed by atoms with Gasteiger partial charge >= 0.3 is 0 Å². The predicted octanol–water partition coefficient (Wildman–Crippen LogP) is 0.994. The minimum absolute atomic E-state index is 0.136. The zero-order valence-corrected chi connectivity index (χ0v) is 12.6. The summed E-state index contributed by atoms with van der Waals surface area (Å²) in [5, 5.41) is 11.3. The first-order valence-corrected chi connectivity index (χ1v) is 7.34. The summed E-state index contributed by atoms with van der Waals surface area (Å²) >= 11 is 0. The fraction of sp³-hybridized carbons (Fsp3) is 0.786. The highest BCUT2D eigenvalue weighted by Gasteiger charge is 2.27. The number of carbonyl (C=O) groups is 1. The molecule has 0 spiro atoms. The fourth-order valence-electron chi connectivity index (χ4n) is 2.35. The molecule has 0 fully saturated rings. The maximum atomic E-state index is 12.0. The molecule has 2 heterocycles. The molecule has 1 aliphatic rings. The van der Waals surface area contributed by atoms with Crippen molar-refractivity contribution in [3.05, 3.63) is 11.6 Å². The second-order valence-electron chi connectivity index (χ2n) is 6.56. The van der Waals surface area contributed by atoms with Crippen molar-refractivity contribution in [2.75, 3.05) is 0 Å². The van der Waals surface area contributed by atoms with E-state index in [-0.39, 0.29) is 11.3 Å². The van der Waals surface area contributed by atoms with Crippen molar-refractivity contribution in [2.24, 2.45) is 11.1 Å².